The molecule has 1 N–H and O–H groups in total. The Morgan fingerprint density at radius 3 is 2.71 bits per heavy atom. The molecule has 0 aliphatic carbocycles. The maximum Gasteiger partial charge on any atom is 0.335 e. The lowest BCUT2D eigenvalue weighted by Crippen LogP contribution is -2.43. The molecule has 0 aromatic heterocycles. The molecule has 1 aromatic carbocycles. The maximum atomic E-state index is 10.7. The van der Waals surface area contributed by atoms with E-state index in [1.54, 1.807) is 24.3 Å². The topological polar surface area (TPSA) is 66.8 Å². The van der Waals surface area contributed by atoms with E-state index in [-0.39, 0.29) is 5.56 Å². The molecule has 2 rings (SSSR count). The first-order valence-electron chi connectivity index (χ1n) is 5.36. The Morgan fingerprint density at radius 2 is 2.12 bits per heavy atom. The summed E-state index contributed by atoms with van der Waals surface area (Å²) >= 11 is 0. The average molecular weight is 235 g/mol. The quantitative estimate of drug-likeness (QED) is 0.784. The Kier molecular flexibility index (Phi) is 3.39. The maximum absolute atomic E-state index is 10.7. The van der Waals surface area contributed by atoms with Gasteiger partial charge in [0.2, 0.25) is 0 Å². The third-order valence-electron chi connectivity index (χ3n) is 2.72. The average Bonchev–Trinajstić information content (AvgIpc) is 2.39. The number of morpholine rings is 1. The molecule has 1 saturated heterocycles. The van der Waals surface area contributed by atoms with Crippen LogP contribution in [0.5, 0.6) is 0 Å². The summed E-state index contributed by atoms with van der Waals surface area (Å²) in [5, 5.41) is 8.79. The molecule has 5 heteroatoms. The fourth-order valence-corrected chi connectivity index (χ4v) is 1.81. The smallest absolute Gasteiger partial charge is 0.335 e. The van der Waals surface area contributed by atoms with Gasteiger partial charge in [-0.15, -0.1) is 0 Å². The minimum absolute atomic E-state index is 0.258. The zero-order valence-corrected chi connectivity index (χ0v) is 9.20. The predicted octanol–water partition coefficient (Wildman–Crippen LogP) is 0.789. The van der Waals surface area contributed by atoms with Crippen LogP contribution in [-0.4, -0.2) is 43.2 Å². The van der Waals surface area contributed by atoms with Gasteiger partial charge in [-0.1, -0.05) is 0 Å². The van der Waals surface area contributed by atoms with Gasteiger partial charge in [-0.05, 0) is 24.3 Å². The van der Waals surface area contributed by atoms with Crippen LogP contribution in [0.3, 0.4) is 0 Å². The molecular formula is C12H13NO4. The van der Waals surface area contributed by atoms with Gasteiger partial charge in [-0.2, -0.15) is 0 Å². The van der Waals surface area contributed by atoms with E-state index < -0.39 is 12.1 Å². The van der Waals surface area contributed by atoms with Crippen LogP contribution in [0.2, 0.25) is 0 Å². The molecule has 1 heterocycles. The van der Waals surface area contributed by atoms with Crippen LogP contribution in [0.15, 0.2) is 24.3 Å². The van der Waals surface area contributed by atoms with E-state index in [0.717, 1.165) is 12.0 Å². The fourth-order valence-electron chi connectivity index (χ4n) is 1.81. The summed E-state index contributed by atoms with van der Waals surface area (Å²) in [7, 11) is 0. The van der Waals surface area contributed by atoms with E-state index >= 15 is 0 Å². The van der Waals surface area contributed by atoms with E-state index in [0.29, 0.717) is 19.7 Å². The van der Waals surface area contributed by atoms with Crippen LogP contribution in [0.1, 0.15) is 10.4 Å². The number of benzene rings is 1. The van der Waals surface area contributed by atoms with Crippen LogP contribution in [0, 0.1) is 0 Å². The number of carbonyl (C=O) groups is 2. The van der Waals surface area contributed by atoms with E-state index in [1.165, 1.54) is 0 Å². The third kappa shape index (κ3) is 2.62. The zero-order valence-electron chi connectivity index (χ0n) is 9.20. The molecule has 1 fully saturated rings. The van der Waals surface area contributed by atoms with Crippen molar-refractivity contribution in [2.45, 2.75) is 6.10 Å². The number of aromatic carboxylic acids is 1. The monoisotopic (exact) mass is 235 g/mol. The predicted molar refractivity (Wildman–Crippen MR) is 61.4 cm³/mol. The van der Waals surface area contributed by atoms with Crippen LogP contribution < -0.4 is 4.90 Å². The first-order chi connectivity index (χ1) is 8.20. The van der Waals surface area contributed by atoms with Crippen molar-refractivity contribution in [3.8, 4) is 0 Å². The molecule has 0 saturated carbocycles. The standard InChI is InChI=1S/C12H13NO4/c14-8-11-7-13(5-6-17-11)10-3-1-9(2-4-10)12(15)16/h1-4,8,11H,5-7H2,(H,15,16)/t11-/m1/s1. The highest BCUT2D eigenvalue weighted by molar-refractivity contribution is 5.88. The van der Waals surface area contributed by atoms with E-state index in [2.05, 4.69) is 0 Å². The number of nitrogens with zero attached hydrogens (tertiary/aromatic N) is 1. The second-order valence-corrected chi connectivity index (χ2v) is 3.84. The summed E-state index contributed by atoms with van der Waals surface area (Å²) in [5.41, 5.74) is 1.17. The molecule has 0 radical (unpaired) electrons. The highest BCUT2D eigenvalue weighted by atomic mass is 16.5. The number of carboxylic acid groups (broad SMARTS) is 1. The molecule has 0 unspecified atom stereocenters. The molecular weight excluding hydrogens is 222 g/mol. The highest BCUT2D eigenvalue weighted by Gasteiger charge is 2.19. The van der Waals surface area contributed by atoms with Crippen molar-refractivity contribution in [3.63, 3.8) is 0 Å². The number of ether oxygens (including phenoxy) is 1. The van der Waals surface area contributed by atoms with Gasteiger partial charge >= 0.3 is 5.97 Å². The second-order valence-electron chi connectivity index (χ2n) is 3.84. The van der Waals surface area contributed by atoms with Gasteiger partial charge < -0.3 is 19.5 Å². The molecule has 0 spiro atoms. The largest absolute Gasteiger partial charge is 0.478 e. The Morgan fingerprint density at radius 1 is 1.41 bits per heavy atom. The molecule has 17 heavy (non-hydrogen) atoms. The summed E-state index contributed by atoms with van der Waals surface area (Å²) < 4.78 is 5.24. The van der Waals surface area contributed by atoms with Crippen molar-refractivity contribution >= 4 is 17.9 Å². The Hall–Kier alpha value is -1.88. The Balaban J connectivity index is 2.11. The van der Waals surface area contributed by atoms with Gasteiger partial charge in [-0.25, -0.2) is 4.79 Å². The molecule has 1 aromatic rings. The lowest BCUT2D eigenvalue weighted by atomic mass is 10.2. The second kappa shape index (κ2) is 4.97. The van der Waals surface area contributed by atoms with Crippen molar-refractivity contribution in [3.05, 3.63) is 29.8 Å². The van der Waals surface area contributed by atoms with Gasteiger partial charge in [0.1, 0.15) is 6.10 Å². The number of hydrogen-bond acceptors (Lipinski definition) is 4. The fraction of sp³-hybridized carbons (Fsp3) is 0.333. The van der Waals surface area contributed by atoms with Crippen LogP contribution in [0.4, 0.5) is 5.69 Å². The number of carbonyl (C=O) groups excluding carboxylic acids is 1. The van der Waals surface area contributed by atoms with Crippen LogP contribution in [-0.2, 0) is 9.53 Å². The number of anilines is 1. The minimum Gasteiger partial charge on any atom is -0.478 e. The number of hydrogen-bond donors (Lipinski definition) is 1. The van der Waals surface area contributed by atoms with Crippen LogP contribution >= 0.6 is 0 Å². The van der Waals surface area contributed by atoms with Gasteiger partial charge in [0, 0.05) is 12.2 Å². The van der Waals surface area contributed by atoms with Gasteiger partial charge in [0.25, 0.3) is 0 Å². The van der Waals surface area contributed by atoms with E-state index in [1.807, 2.05) is 4.90 Å². The van der Waals surface area contributed by atoms with E-state index in [9.17, 15) is 9.59 Å². The van der Waals surface area contributed by atoms with Crippen molar-refractivity contribution in [1.82, 2.24) is 0 Å². The molecule has 0 amide bonds. The molecule has 0 bridgehead atoms. The van der Waals surface area contributed by atoms with Gasteiger partial charge in [0.05, 0.1) is 18.7 Å². The van der Waals surface area contributed by atoms with Crippen molar-refractivity contribution in [2.75, 3.05) is 24.6 Å². The van der Waals surface area contributed by atoms with Crippen molar-refractivity contribution in [2.24, 2.45) is 0 Å². The molecule has 1 atom stereocenters. The van der Waals surface area contributed by atoms with Gasteiger partial charge in [-0.3, -0.25) is 0 Å². The lowest BCUT2D eigenvalue weighted by molar-refractivity contribution is -0.118. The van der Waals surface area contributed by atoms with Crippen molar-refractivity contribution < 1.29 is 19.4 Å². The molecule has 1 aliphatic rings. The summed E-state index contributed by atoms with van der Waals surface area (Å²) in [6.45, 7) is 1.72. The van der Waals surface area contributed by atoms with Crippen molar-refractivity contribution in [1.29, 1.82) is 0 Å². The SMILES string of the molecule is O=C[C@H]1CN(c2ccc(C(=O)O)cc2)CCO1. The number of aldehydes is 1. The van der Waals surface area contributed by atoms with Gasteiger partial charge in [0.15, 0.2) is 6.29 Å². The first kappa shape index (κ1) is 11.6. The summed E-state index contributed by atoms with van der Waals surface area (Å²) in [6, 6.07) is 6.61. The summed E-state index contributed by atoms with van der Waals surface area (Å²) in [4.78, 5) is 23.4. The third-order valence-corrected chi connectivity index (χ3v) is 2.72. The number of carboxylic acids is 1. The molecule has 5 nitrogen and oxygen atoms in total. The lowest BCUT2D eigenvalue weighted by Gasteiger charge is -2.32. The Labute approximate surface area is 98.6 Å². The Bertz CT molecular complexity index is 415. The van der Waals surface area contributed by atoms with Crippen LogP contribution in [0.25, 0.3) is 0 Å². The summed E-state index contributed by atoms with van der Waals surface area (Å²) in [6.07, 6.45) is 0.389. The highest BCUT2D eigenvalue weighted by Crippen LogP contribution is 2.18. The normalized spacial score (nSPS) is 20.0. The number of rotatable bonds is 3. The molecule has 90 valence electrons. The minimum atomic E-state index is -0.940. The van der Waals surface area contributed by atoms with E-state index in [4.69, 9.17) is 9.84 Å². The zero-order chi connectivity index (χ0) is 12.3. The summed E-state index contributed by atoms with van der Waals surface area (Å²) in [5.74, 6) is -0.940. The molecule has 1 aliphatic heterocycles. The first-order valence-corrected chi connectivity index (χ1v) is 5.36.